The van der Waals surface area contributed by atoms with Crippen molar-refractivity contribution in [2.45, 2.75) is 12.1 Å². The molecule has 0 saturated heterocycles. The molecule has 0 saturated carbocycles. The SMILES string of the molecule is O=C(Nc1nc(CCl)cs1)C(F)(F)F. The molecule has 0 aliphatic rings. The number of carbonyl (C=O) groups is 1. The van der Waals surface area contributed by atoms with Gasteiger partial charge in [-0.05, 0) is 0 Å². The molecule has 0 bridgehead atoms. The number of rotatable bonds is 2. The highest BCUT2D eigenvalue weighted by molar-refractivity contribution is 7.14. The standard InChI is InChI=1S/C6H4ClF3N2OS/c7-1-3-2-14-5(11-3)12-4(13)6(8,9)10/h2H,1H2,(H,11,12,13). The number of hydrogen-bond donors (Lipinski definition) is 1. The van der Waals surface area contributed by atoms with Gasteiger partial charge < -0.3 is 0 Å². The van der Waals surface area contributed by atoms with E-state index in [1.807, 2.05) is 0 Å². The molecular formula is C6H4ClF3N2OS. The minimum absolute atomic E-state index is 0.0956. The van der Waals surface area contributed by atoms with E-state index in [-0.39, 0.29) is 11.0 Å². The molecule has 0 aromatic carbocycles. The summed E-state index contributed by atoms with van der Waals surface area (Å²) < 4.78 is 35.3. The summed E-state index contributed by atoms with van der Waals surface area (Å²) in [5, 5.41) is 2.98. The number of carbonyl (C=O) groups excluding carboxylic acids is 1. The molecule has 0 aliphatic carbocycles. The van der Waals surface area contributed by atoms with Crippen LogP contribution in [-0.2, 0) is 10.7 Å². The number of halogens is 4. The van der Waals surface area contributed by atoms with E-state index in [0.29, 0.717) is 5.69 Å². The van der Waals surface area contributed by atoms with E-state index in [1.54, 1.807) is 5.32 Å². The number of hydrogen-bond acceptors (Lipinski definition) is 3. The van der Waals surface area contributed by atoms with Gasteiger partial charge in [0.15, 0.2) is 5.13 Å². The van der Waals surface area contributed by atoms with Gasteiger partial charge in [-0.25, -0.2) is 4.98 Å². The van der Waals surface area contributed by atoms with Crippen LogP contribution in [-0.4, -0.2) is 17.1 Å². The number of anilines is 1. The van der Waals surface area contributed by atoms with Gasteiger partial charge in [0.25, 0.3) is 0 Å². The zero-order chi connectivity index (χ0) is 10.8. The Kier molecular flexibility index (Phi) is 3.33. The average Bonchev–Trinajstić information content (AvgIpc) is 2.50. The second kappa shape index (κ2) is 4.14. The third-order valence-corrected chi connectivity index (χ3v) is 2.25. The van der Waals surface area contributed by atoms with Crippen molar-refractivity contribution in [1.29, 1.82) is 0 Å². The topological polar surface area (TPSA) is 42.0 Å². The van der Waals surface area contributed by atoms with E-state index in [1.165, 1.54) is 5.38 Å². The fourth-order valence-corrected chi connectivity index (χ4v) is 1.53. The number of nitrogens with zero attached hydrogens (tertiary/aromatic N) is 1. The second-order valence-electron chi connectivity index (χ2n) is 2.23. The van der Waals surface area contributed by atoms with Crippen LogP contribution in [0.15, 0.2) is 5.38 Å². The number of alkyl halides is 4. The summed E-state index contributed by atoms with van der Waals surface area (Å²) >= 11 is 6.27. The van der Waals surface area contributed by atoms with Crippen LogP contribution < -0.4 is 5.32 Å². The lowest BCUT2D eigenvalue weighted by Gasteiger charge is -2.03. The second-order valence-corrected chi connectivity index (χ2v) is 3.35. The minimum atomic E-state index is -4.90. The Hall–Kier alpha value is -0.820. The minimum Gasteiger partial charge on any atom is -0.294 e. The molecule has 0 atom stereocenters. The van der Waals surface area contributed by atoms with Gasteiger partial charge in [0.1, 0.15) is 0 Å². The van der Waals surface area contributed by atoms with Crippen LogP contribution in [0.5, 0.6) is 0 Å². The summed E-state index contributed by atoms with van der Waals surface area (Å²) in [6.07, 6.45) is -4.90. The number of thiazole rings is 1. The van der Waals surface area contributed by atoms with Gasteiger partial charge >= 0.3 is 12.1 Å². The van der Waals surface area contributed by atoms with Crippen molar-refractivity contribution < 1.29 is 18.0 Å². The molecule has 0 fully saturated rings. The van der Waals surface area contributed by atoms with Crippen LogP contribution in [0.25, 0.3) is 0 Å². The van der Waals surface area contributed by atoms with E-state index in [2.05, 4.69) is 4.98 Å². The molecule has 1 aromatic rings. The van der Waals surface area contributed by atoms with Gasteiger partial charge in [0.2, 0.25) is 0 Å². The first-order chi connectivity index (χ1) is 6.43. The van der Waals surface area contributed by atoms with Crippen molar-refractivity contribution >= 4 is 34.0 Å². The van der Waals surface area contributed by atoms with E-state index in [0.717, 1.165) is 11.3 Å². The summed E-state index contributed by atoms with van der Waals surface area (Å²) in [6, 6.07) is 0. The average molecular weight is 245 g/mol. The zero-order valence-corrected chi connectivity index (χ0v) is 8.13. The first-order valence-electron chi connectivity index (χ1n) is 3.32. The molecule has 1 rings (SSSR count). The summed E-state index contributed by atoms with van der Waals surface area (Å²) in [5.41, 5.74) is 0.425. The van der Waals surface area contributed by atoms with Crippen LogP contribution in [0.1, 0.15) is 5.69 Å². The maximum Gasteiger partial charge on any atom is 0.471 e. The molecule has 1 amide bonds. The van der Waals surface area contributed by atoms with Crippen molar-refractivity contribution in [3.63, 3.8) is 0 Å². The lowest BCUT2D eigenvalue weighted by Crippen LogP contribution is -2.29. The Balaban J connectivity index is 2.65. The molecule has 8 heteroatoms. The smallest absolute Gasteiger partial charge is 0.294 e. The molecule has 78 valence electrons. The maximum atomic E-state index is 11.8. The van der Waals surface area contributed by atoms with Crippen LogP contribution >= 0.6 is 22.9 Å². The fraction of sp³-hybridized carbons (Fsp3) is 0.333. The predicted molar refractivity (Wildman–Crippen MR) is 46.4 cm³/mol. The third-order valence-electron chi connectivity index (χ3n) is 1.17. The molecule has 1 aromatic heterocycles. The highest BCUT2D eigenvalue weighted by atomic mass is 35.5. The first-order valence-corrected chi connectivity index (χ1v) is 4.73. The summed E-state index contributed by atoms with van der Waals surface area (Å²) in [5.74, 6) is -1.94. The third kappa shape index (κ3) is 2.85. The van der Waals surface area contributed by atoms with E-state index < -0.39 is 12.1 Å². The zero-order valence-electron chi connectivity index (χ0n) is 6.56. The quantitative estimate of drug-likeness (QED) is 0.812. The molecule has 1 N–H and O–H groups in total. The molecule has 0 aliphatic heterocycles. The Bertz CT molecular complexity index is 338. The molecule has 0 unspecified atom stereocenters. The highest BCUT2D eigenvalue weighted by Crippen LogP contribution is 2.21. The van der Waals surface area contributed by atoms with E-state index >= 15 is 0 Å². The maximum absolute atomic E-state index is 11.8. The first kappa shape index (κ1) is 11.3. The van der Waals surface area contributed by atoms with E-state index in [9.17, 15) is 18.0 Å². The van der Waals surface area contributed by atoms with Crippen molar-refractivity contribution in [3.05, 3.63) is 11.1 Å². The van der Waals surface area contributed by atoms with Crippen LogP contribution in [0.4, 0.5) is 18.3 Å². The van der Waals surface area contributed by atoms with Crippen LogP contribution in [0, 0.1) is 0 Å². The van der Waals surface area contributed by atoms with Crippen LogP contribution in [0.2, 0.25) is 0 Å². The normalized spacial score (nSPS) is 11.4. The monoisotopic (exact) mass is 244 g/mol. The van der Waals surface area contributed by atoms with Gasteiger partial charge in [0.05, 0.1) is 11.6 Å². The molecule has 0 spiro atoms. The van der Waals surface area contributed by atoms with Crippen LogP contribution in [0.3, 0.4) is 0 Å². The number of aromatic nitrogens is 1. The molecule has 3 nitrogen and oxygen atoms in total. The Morgan fingerprint density at radius 1 is 1.64 bits per heavy atom. The molecule has 14 heavy (non-hydrogen) atoms. The van der Waals surface area contributed by atoms with Gasteiger partial charge in [-0.3, -0.25) is 10.1 Å². The lowest BCUT2D eigenvalue weighted by molar-refractivity contribution is -0.167. The fourth-order valence-electron chi connectivity index (χ4n) is 0.594. The highest BCUT2D eigenvalue weighted by Gasteiger charge is 2.39. The van der Waals surface area contributed by atoms with Gasteiger partial charge in [-0.2, -0.15) is 13.2 Å². The Morgan fingerprint density at radius 3 is 2.71 bits per heavy atom. The van der Waals surface area contributed by atoms with Crippen molar-refractivity contribution in [2.75, 3.05) is 5.32 Å². The number of nitrogens with one attached hydrogen (secondary N) is 1. The summed E-state index contributed by atoms with van der Waals surface area (Å²) in [7, 11) is 0. The van der Waals surface area contributed by atoms with Gasteiger partial charge in [0, 0.05) is 5.38 Å². The van der Waals surface area contributed by atoms with Gasteiger partial charge in [-0.15, -0.1) is 22.9 Å². The Morgan fingerprint density at radius 2 is 2.29 bits per heavy atom. The Labute approximate surface area is 85.9 Å². The molecular weight excluding hydrogens is 241 g/mol. The largest absolute Gasteiger partial charge is 0.471 e. The predicted octanol–water partition coefficient (Wildman–Crippen LogP) is 2.38. The van der Waals surface area contributed by atoms with Gasteiger partial charge in [-0.1, -0.05) is 0 Å². The molecule has 1 heterocycles. The summed E-state index contributed by atoms with van der Waals surface area (Å²) in [6.45, 7) is 0. The van der Waals surface area contributed by atoms with Crippen molar-refractivity contribution in [2.24, 2.45) is 0 Å². The number of amides is 1. The lowest BCUT2D eigenvalue weighted by atomic mass is 10.6. The van der Waals surface area contributed by atoms with E-state index in [4.69, 9.17) is 11.6 Å². The summed E-state index contributed by atoms with van der Waals surface area (Å²) in [4.78, 5) is 14.1. The molecule has 0 radical (unpaired) electrons. The van der Waals surface area contributed by atoms with Crippen molar-refractivity contribution in [3.8, 4) is 0 Å². The van der Waals surface area contributed by atoms with Crippen molar-refractivity contribution in [1.82, 2.24) is 4.98 Å².